The number of benzene rings is 1. The second-order valence-electron chi connectivity index (χ2n) is 5.02. The maximum atomic E-state index is 5.69. The summed E-state index contributed by atoms with van der Waals surface area (Å²) in [6.07, 6.45) is 0.411. The Morgan fingerprint density at radius 1 is 0.957 bits per heavy atom. The predicted octanol–water partition coefficient (Wildman–Crippen LogP) is 3.40. The van der Waals surface area contributed by atoms with Crippen molar-refractivity contribution in [3.63, 3.8) is 0 Å². The molecule has 0 spiro atoms. The Bertz CT molecular complexity index is 443. The molecule has 0 aromatic heterocycles. The molecule has 4 heteroatoms. The molecule has 0 heterocycles. The molecule has 4 nitrogen and oxygen atoms in total. The van der Waals surface area contributed by atoms with Gasteiger partial charge in [-0.2, -0.15) is 0 Å². The van der Waals surface area contributed by atoms with Crippen LogP contribution < -0.4 is 0 Å². The third-order valence-electron chi connectivity index (χ3n) is 3.02. The van der Waals surface area contributed by atoms with Crippen molar-refractivity contribution >= 4 is 0 Å². The number of rotatable bonds is 11. The van der Waals surface area contributed by atoms with E-state index in [1.54, 1.807) is 0 Å². The molecule has 0 saturated heterocycles. The van der Waals surface area contributed by atoms with Gasteiger partial charge in [-0.1, -0.05) is 42.2 Å². The van der Waals surface area contributed by atoms with E-state index in [1.165, 1.54) is 0 Å². The summed E-state index contributed by atoms with van der Waals surface area (Å²) >= 11 is 0. The zero-order chi connectivity index (χ0) is 16.8. The van der Waals surface area contributed by atoms with E-state index in [2.05, 4.69) is 11.8 Å². The highest BCUT2D eigenvalue weighted by Gasteiger charge is 2.10. The molecular weight excluding hydrogens is 292 g/mol. The van der Waals surface area contributed by atoms with Crippen LogP contribution in [0, 0.1) is 11.8 Å². The summed E-state index contributed by atoms with van der Waals surface area (Å²) in [7, 11) is 0. The maximum Gasteiger partial charge on any atom is 0.180 e. The van der Waals surface area contributed by atoms with Gasteiger partial charge in [0.25, 0.3) is 0 Å². The van der Waals surface area contributed by atoms with Crippen LogP contribution in [-0.2, 0) is 25.6 Å². The van der Waals surface area contributed by atoms with Crippen LogP contribution in [0.4, 0.5) is 0 Å². The highest BCUT2D eigenvalue weighted by atomic mass is 16.7. The quantitative estimate of drug-likeness (QED) is 0.356. The van der Waals surface area contributed by atoms with Gasteiger partial charge in [0.1, 0.15) is 6.61 Å². The lowest BCUT2D eigenvalue weighted by atomic mass is 10.2. The largest absolute Gasteiger partial charge is 0.372 e. The first kappa shape index (κ1) is 19.7. The Kier molecular flexibility index (Phi) is 11.2. The molecule has 0 N–H and O–H groups in total. The average Bonchev–Trinajstić information content (AvgIpc) is 2.57. The van der Waals surface area contributed by atoms with Gasteiger partial charge in [0, 0.05) is 19.6 Å². The molecule has 128 valence electrons. The maximum absolute atomic E-state index is 5.69. The molecule has 0 bridgehead atoms. The summed E-state index contributed by atoms with van der Waals surface area (Å²) in [6.45, 7) is 8.55. The van der Waals surface area contributed by atoms with Crippen molar-refractivity contribution in [3.05, 3.63) is 35.9 Å². The Labute approximate surface area is 140 Å². The summed E-state index contributed by atoms with van der Waals surface area (Å²) < 4.78 is 22.1. The molecule has 1 rings (SSSR count). The van der Waals surface area contributed by atoms with Crippen molar-refractivity contribution in [2.75, 3.05) is 26.4 Å². The van der Waals surface area contributed by atoms with Crippen LogP contribution in [0.5, 0.6) is 0 Å². The van der Waals surface area contributed by atoms with Gasteiger partial charge in [-0.3, -0.25) is 0 Å². The molecule has 1 atom stereocenters. The summed E-state index contributed by atoms with van der Waals surface area (Å²) in [5.41, 5.74) is 1.16. The Morgan fingerprint density at radius 2 is 1.65 bits per heavy atom. The fourth-order valence-electron chi connectivity index (χ4n) is 1.88. The van der Waals surface area contributed by atoms with Crippen molar-refractivity contribution in [3.8, 4) is 11.8 Å². The highest BCUT2D eigenvalue weighted by molar-refractivity contribution is 5.13. The lowest BCUT2D eigenvalue weighted by Gasteiger charge is -2.19. The van der Waals surface area contributed by atoms with E-state index in [9.17, 15) is 0 Å². The topological polar surface area (TPSA) is 36.9 Å². The highest BCUT2D eigenvalue weighted by Crippen LogP contribution is 2.02. The lowest BCUT2D eigenvalue weighted by Crippen LogP contribution is -2.26. The van der Waals surface area contributed by atoms with Crippen LogP contribution >= 0.6 is 0 Å². The van der Waals surface area contributed by atoms with Gasteiger partial charge in [0.15, 0.2) is 6.29 Å². The number of ether oxygens (including phenoxy) is 4. The van der Waals surface area contributed by atoms with Gasteiger partial charge in [-0.25, -0.2) is 0 Å². The molecule has 0 fully saturated rings. The average molecular weight is 320 g/mol. The SMILES string of the molecule is CCOC(CO[C@@H](C)CC#CCOCc1ccccc1)OCC. The minimum absolute atomic E-state index is 0.0417. The minimum Gasteiger partial charge on any atom is -0.372 e. The van der Waals surface area contributed by atoms with Crippen LogP contribution in [0.15, 0.2) is 30.3 Å². The third kappa shape index (κ3) is 10.1. The fourth-order valence-corrected chi connectivity index (χ4v) is 1.88. The van der Waals surface area contributed by atoms with Gasteiger partial charge >= 0.3 is 0 Å². The van der Waals surface area contributed by atoms with Crippen LogP contribution in [-0.4, -0.2) is 38.8 Å². The number of hydrogen-bond donors (Lipinski definition) is 0. The summed E-state index contributed by atoms with van der Waals surface area (Å²) in [5, 5.41) is 0. The second-order valence-corrected chi connectivity index (χ2v) is 5.02. The van der Waals surface area contributed by atoms with Crippen molar-refractivity contribution in [1.82, 2.24) is 0 Å². The molecule has 1 aromatic rings. The minimum atomic E-state index is -0.297. The summed E-state index contributed by atoms with van der Waals surface area (Å²) in [6, 6.07) is 10.1. The summed E-state index contributed by atoms with van der Waals surface area (Å²) in [5.74, 6) is 6.09. The van der Waals surface area contributed by atoms with Crippen LogP contribution in [0.3, 0.4) is 0 Å². The zero-order valence-corrected chi connectivity index (χ0v) is 14.4. The zero-order valence-electron chi connectivity index (χ0n) is 14.4. The molecule has 1 aromatic carbocycles. The third-order valence-corrected chi connectivity index (χ3v) is 3.02. The number of hydrogen-bond acceptors (Lipinski definition) is 4. The van der Waals surface area contributed by atoms with Crippen LogP contribution in [0.25, 0.3) is 0 Å². The Morgan fingerprint density at radius 3 is 2.30 bits per heavy atom. The van der Waals surface area contributed by atoms with Gasteiger partial charge in [-0.05, 0) is 26.3 Å². The lowest BCUT2D eigenvalue weighted by molar-refractivity contribution is -0.174. The predicted molar refractivity (Wildman–Crippen MR) is 90.9 cm³/mol. The first-order valence-corrected chi connectivity index (χ1v) is 8.18. The Balaban J connectivity index is 2.12. The van der Waals surface area contributed by atoms with Gasteiger partial charge in [0.05, 0.1) is 19.3 Å². The molecule has 0 aliphatic heterocycles. The van der Waals surface area contributed by atoms with Crippen LogP contribution in [0.1, 0.15) is 32.8 Å². The molecule has 0 aliphatic rings. The monoisotopic (exact) mass is 320 g/mol. The molecule has 0 radical (unpaired) electrons. The molecule has 23 heavy (non-hydrogen) atoms. The van der Waals surface area contributed by atoms with Crippen molar-refractivity contribution in [1.29, 1.82) is 0 Å². The van der Waals surface area contributed by atoms with E-state index in [1.807, 2.05) is 51.1 Å². The smallest absolute Gasteiger partial charge is 0.180 e. The van der Waals surface area contributed by atoms with E-state index >= 15 is 0 Å². The first-order valence-electron chi connectivity index (χ1n) is 8.18. The molecule has 0 saturated carbocycles. The van der Waals surface area contributed by atoms with E-state index in [-0.39, 0.29) is 12.4 Å². The van der Waals surface area contributed by atoms with E-state index in [0.29, 0.717) is 39.5 Å². The summed E-state index contributed by atoms with van der Waals surface area (Å²) in [4.78, 5) is 0. The Hall–Kier alpha value is -1.38. The van der Waals surface area contributed by atoms with Gasteiger partial charge in [-0.15, -0.1) is 0 Å². The van der Waals surface area contributed by atoms with Gasteiger partial charge in [0.2, 0.25) is 0 Å². The molecule has 0 aliphatic carbocycles. The molecule has 0 amide bonds. The van der Waals surface area contributed by atoms with Crippen LogP contribution in [0.2, 0.25) is 0 Å². The van der Waals surface area contributed by atoms with Crippen molar-refractivity contribution in [2.24, 2.45) is 0 Å². The van der Waals surface area contributed by atoms with Gasteiger partial charge < -0.3 is 18.9 Å². The second kappa shape index (κ2) is 13.1. The standard InChI is InChI=1S/C19H28O4/c1-4-21-19(22-5-2)16-23-17(3)11-9-10-14-20-15-18-12-7-6-8-13-18/h6-8,12-13,17,19H,4-5,11,14-16H2,1-3H3/t17-/m0/s1. The first-order chi connectivity index (χ1) is 11.3. The van der Waals surface area contributed by atoms with E-state index in [4.69, 9.17) is 18.9 Å². The normalized spacial score (nSPS) is 12.0. The fraction of sp³-hybridized carbons (Fsp3) is 0.579. The molecule has 0 unspecified atom stereocenters. The van der Waals surface area contributed by atoms with E-state index in [0.717, 1.165) is 5.56 Å². The van der Waals surface area contributed by atoms with Crippen molar-refractivity contribution < 1.29 is 18.9 Å². The van der Waals surface area contributed by atoms with E-state index < -0.39 is 0 Å². The molecular formula is C19H28O4. The van der Waals surface area contributed by atoms with Crippen molar-refractivity contribution in [2.45, 2.75) is 46.2 Å².